The van der Waals surface area contributed by atoms with E-state index in [4.69, 9.17) is 33.3 Å². The Labute approximate surface area is 236 Å². The minimum Gasteiger partial charge on any atom is -0.756 e. The van der Waals surface area contributed by atoms with Crippen molar-refractivity contribution in [2.75, 3.05) is 18.9 Å². The highest BCUT2D eigenvalue weighted by molar-refractivity contribution is 7.46. The van der Waals surface area contributed by atoms with Crippen molar-refractivity contribution in [2.24, 2.45) is 0 Å². The number of aromatic amines is 2. The lowest BCUT2D eigenvalue weighted by Crippen LogP contribution is -2.41. The number of aliphatic hydroxyl groups excluding tert-OH is 2. The SMILES string of the molecule is Nc1nc2c(ncn2[C@@H]2O[C@H]3COP(=O)([O-])O[C@@H]4C(O)[C@H](n5ccc(=O)[nH]c5=O)O[C@H]4COP(=O)([O-])O[C@@H]3C2O)c(=O)[nH]1. The van der Waals surface area contributed by atoms with Gasteiger partial charge >= 0.3 is 5.69 Å². The van der Waals surface area contributed by atoms with Crippen molar-refractivity contribution in [1.29, 1.82) is 0 Å². The molecule has 0 spiro atoms. The second kappa shape index (κ2) is 10.8. The van der Waals surface area contributed by atoms with Crippen molar-refractivity contribution in [2.45, 2.75) is 49.1 Å². The van der Waals surface area contributed by atoms with E-state index in [9.17, 15) is 43.5 Å². The van der Waals surface area contributed by atoms with E-state index in [1.807, 2.05) is 4.98 Å². The van der Waals surface area contributed by atoms with Gasteiger partial charge in [-0.3, -0.25) is 37.8 Å². The molecule has 6 heterocycles. The van der Waals surface area contributed by atoms with Crippen LogP contribution in [0.15, 0.2) is 33.0 Å². The maximum Gasteiger partial charge on any atom is 0.330 e. The molecule has 6 N–H and O–H groups in total. The molecule has 0 amide bonds. The van der Waals surface area contributed by atoms with Crippen molar-refractivity contribution < 1.29 is 56.7 Å². The van der Waals surface area contributed by atoms with Crippen LogP contribution in [0.1, 0.15) is 12.5 Å². The molecule has 0 aromatic carbocycles. The van der Waals surface area contributed by atoms with E-state index in [1.165, 1.54) is 0 Å². The monoisotopic (exact) mass is 649 g/mol. The number of ether oxygens (including phenoxy) is 2. The summed E-state index contributed by atoms with van der Waals surface area (Å²) in [4.78, 5) is 73.4. The van der Waals surface area contributed by atoms with Crippen LogP contribution < -0.4 is 32.3 Å². The largest absolute Gasteiger partial charge is 0.756 e. The third-order valence-corrected chi connectivity index (χ3v) is 8.70. The Morgan fingerprint density at radius 3 is 2.05 bits per heavy atom. The average Bonchev–Trinajstić information content (AvgIpc) is 3.56. The summed E-state index contributed by atoms with van der Waals surface area (Å²) in [7, 11) is -10.7. The van der Waals surface area contributed by atoms with E-state index in [-0.39, 0.29) is 17.1 Å². The fraction of sp³-hybridized carbons (Fsp3) is 0.526. The number of phosphoric acid groups is 2. The molecule has 24 heteroatoms. The van der Waals surface area contributed by atoms with Crippen LogP contribution in [0.2, 0.25) is 0 Å². The van der Waals surface area contributed by atoms with E-state index in [2.05, 4.69) is 15.0 Å². The van der Waals surface area contributed by atoms with E-state index in [1.54, 1.807) is 0 Å². The number of fused-ring (bicyclic) bond motifs is 3. The van der Waals surface area contributed by atoms with Crippen LogP contribution in [-0.2, 0) is 36.7 Å². The van der Waals surface area contributed by atoms with Crippen LogP contribution in [0.4, 0.5) is 5.95 Å². The van der Waals surface area contributed by atoms with E-state index in [0.29, 0.717) is 0 Å². The number of hydrogen-bond acceptors (Lipinski definition) is 18. The lowest BCUT2D eigenvalue weighted by atomic mass is 10.1. The summed E-state index contributed by atoms with van der Waals surface area (Å²) in [5.41, 5.74) is 2.72. The summed E-state index contributed by atoms with van der Waals surface area (Å²) in [5.74, 6) is -0.303. The molecule has 10 atom stereocenters. The number of nitrogens with one attached hydrogen (secondary N) is 2. The Morgan fingerprint density at radius 2 is 1.49 bits per heavy atom. The average molecular weight is 649 g/mol. The fourth-order valence-corrected chi connectivity index (χ4v) is 6.77. The first kappa shape index (κ1) is 29.9. The molecule has 6 rings (SSSR count). The molecule has 3 fully saturated rings. The maximum atomic E-state index is 12.8. The minimum absolute atomic E-state index is 0.155. The summed E-state index contributed by atoms with van der Waals surface area (Å²) in [6.07, 6.45) is -11.9. The topological polar surface area (TPSA) is 321 Å². The van der Waals surface area contributed by atoms with Gasteiger partial charge in [-0.1, -0.05) is 0 Å². The van der Waals surface area contributed by atoms with Gasteiger partial charge in [0.1, 0.15) is 36.6 Å². The molecule has 0 radical (unpaired) electrons. The lowest BCUT2D eigenvalue weighted by Gasteiger charge is -2.34. The van der Waals surface area contributed by atoms with Gasteiger partial charge < -0.3 is 53.3 Å². The summed E-state index contributed by atoms with van der Waals surface area (Å²) in [6, 6.07) is 0.925. The molecule has 234 valence electrons. The number of aromatic nitrogens is 6. The van der Waals surface area contributed by atoms with E-state index in [0.717, 1.165) is 27.7 Å². The highest BCUT2D eigenvalue weighted by atomic mass is 31.2. The molecular weight excluding hydrogens is 628 g/mol. The molecule has 22 nitrogen and oxygen atoms in total. The molecular formula is C19H21N7O15P2-2. The van der Waals surface area contributed by atoms with E-state index >= 15 is 0 Å². The molecule has 3 aliphatic heterocycles. The Morgan fingerprint density at radius 1 is 0.930 bits per heavy atom. The van der Waals surface area contributed by atoms with Gasteiger partial charge in [-0.05, 0) is 0 Å². The van der Waals surface area contributed by atoms with Crippen molar-refractivity contribution >= 4 is 32.8 Å². The predicted molar refractivity (Wildman–Crippen MR) is 131 cm³/mol. The van der Waals surface area contributed by atoms with E-state index < -0.39 is 94.7 Å². The first-order valence-corrected chi connectivity index (χ1v) is 15.1. The zero-order chi connectivity index (χ0) is 30.8. The van der Waals surface area contributed by atoms with Gasteiger partial charge in [0.2, 0.25) is 5.95 Å². The van der Waals surface area contributed by atoms with Crippen molar-refractivity contribution in [1.82, 2.24) is 29.1 Å². The number of nitrogen functional groups attached to an aromatic ring is 1. The second-order valence-electron chi connectivity index (χ2n) is 9.53. The van der Waals surface area contributed by atoms with Crippen LogP contribution in [-0.4, -0.2) is 89.1 Å². The summed E-state index contributed by atoms with van der Waals surface area (Å²) >= 11 is 0. The first-order chi connectivity index (χ1) is 20.2. The molecule has 3 saturated heterocycles. The lowest BCUT2D eigenvalue weighted by molar-refractivity contribution is -0.244. The van der Waals surface area contributed by atoms with Crippen molar-refractivity contribution in [3.63, 3.8) is 0 Å². The van der Waals surface area contributed by atoms with Gasteiger partial charge in [-0.15, -0.1) is 0 Å². The Kier molecular flexibility index (Phi) is 7.52. The number of anilines is 1. The Hall–Kier alpha value is -3.11. The second-order valence-corrected chi connectivity index (χ2v) is 12.3. The predicted octanol–water partition coefficient (Wildman–Crippen LogP) is -4.48. The molecule has 0 bridgehead atoms. The standard InChI is InChI=1S/C19H23N7O15P2/c20-18-23-14-9(15(30)24-18)21-5-26(14)17-11(29)13-7(39-17)4-37-42(32,33)40-12-6(3-36-43(34,35)41-13)38-16(10(12)28)25-2-1-8(27)22-19(25)31/h1-2,5-7,10-13,16-17,28-29H,3-4H2,(H,32,33)(H,34,35)(H,22,27,31)(H3,20,23,24,30)/p-2/t6-,7-,10?,11?,12-,13-,16+,17+/m0/s1. The van der Waals surface area contributed by atoms with Crippen LogP contribution in [0.3, 0.4) is 0 Å². The number of nitrogens with zero attached hydrogens (tertiary/aromatic N) is 4. The van der Waals surface area contributed by atoms with Crippen LogP contribution in [0.5, 0.6) is 0 Å². The van der Waals surface area contributed by atoms with Crippen molar-refractivity contribution in [3.05, 3.63) is 49.8 Å². The van der Waals surface area contributed by atoms with Gasteiger partial charge in [0.05, 0.1) is 19.5 Å². The summed E-state index contributed by atoms with van der Waals surface area (Å²) in [6.45, 7) is -1.97. The van der Waals surface area contributed by atoms with Gasteiger partial charge in [0, 0.05) is 12.3 Å². The molecule has 0 saturated carbocycles. The molecule has 3 aliphatic rings. The number of hydrogen-bond donors (Lipinski definition) is 5. The molecule has 0 aliphatic carbocycles. The van der Waals surface area contributed by atoms with Gasteiger partial charge in [-0.25, -0.2) is 9.78 Å². The smallest absolute Gasteiger partial charge is 0.330 e. The Balaban J connectivity index is 1.29. The quantitative estimate of drug-likeness (QED) is 0.163. The summed E-state index contributed by atoms with van der Waals surface area (Å²) in [5, 5.41) is 21.8. The fourth-order valence-electron chi connectivity index (χ4n) is 4.87. The molecule has 43 heavy (non-hydrogen) atoms. The maximum absolute atomic E-state index is 12.8. The number of imidazole rings is 1. The third-order valence-electron chi connectivity index (χ3n) is 6.76. The first-order valence-electron chi connectivity index (χ1n) is 12.2. The van der Waals surface area contributed by atoms with Gasteiger partial charge in [-0.2, -0.15) is 4.98 Å². The number of H-pyrrole nitrogens is 2. The van der Waals surface area contributed by atoms with Crippen molar-refractivity contribution in [3.8, 4) is 0 Å². The summed E-state index contributed by atoms with van der Waals surface area (Å²) < 4.78 is 58.4. The van der Waals surface area contributed by atoms with Crippen LogP contribution in [0.25, 0.3) is 11.2 Å². The highest BCUT2D eigenvalue weighted by Gasteiger charge is 2.51. The highest BCUT2D eigenvalue weighted by Crippen LogP contribution is 2.50. The molecule has 3 aromatic heterocycles. The van der Waals surface area contributed by atoms with Crippen LogP contribution >= 0.6 is 15.6 Å². The van der Waals surface area contributed by atoms with Crippen LogP contribution in [0, 0.1) is 0 Å². The Bertz CT molecular complexity index is 1820. The zero-order valence-corrected chi connectivity index (χ0v) is 23.0. The molecule has 3 aromatic rings. The number of rotatable bonds is 2. The number of phosphoric ester groups is 2. The zero-order valence-electron chi connectivity index (χ0n) is 21.2. The van der Waals surface area contributed by atoms with Gasteiger partial charge in [0.25, 0.3) is 26.8 Å². The number of aliphatic hydroxyl groups is 2. The third kappa shape index (κ3) is 5.64. The normalized spacial score (nSPS) is 38.7. The number of nitrogens with two attached hydrogens (primary N) is 1. The molecule has 4 unspecified atom stereocenters. The van der Waals surface area contributed by atoms with Gasteiger partial charge in [0.15, 0.2) is 23.6 Å². The minimum atomic E-state index is -5.37.